The average molecular weight is 505 g/mol. The van der Waals surface area contributed by atoms with Gasteiger partial charge in [-0.3, -0.25) is 4.79 Å². The molecule has 9 heteroatoms. The molecular weight excluding hydrogens is 488 g/mol. The van der Waals surface area contributed by atoms with E-state index >= 15 is 0 Å². The van der Waals surface area contributed by atoms with Crippen molar-refractivity contribution in [3.8, 4) is 22.6 Å². The Labute approximate surface area is 203 Å². The Hall–Kier alpha value is -3.29. The second-order valence-electron chi connectivity index (χ2n) is 7.45. The van der Waals surface area contributed by atoms with Gasteiger partial charge in [-0.2, -0.15) is 18.3 Å². The first-order valence-electron chi connectivity index (χ1n) is 10.1. The van der Waals surface area contributed by atoms with Crippen LogP contribution in [0.5, 0.6) is 5.75 Å². The fourth-order valence-electron chi connectivity index (χ4n) is 3.34. The van der Waals surface area contributed by atoms with Gasteiger partial charge in [0.15, 0.2) is 11.5 Å². The van der Waals surface area contributed by atoms with E-state index in [2.05, 4.69) is 5.10 Å². The van der Waals surface area contributed by atoms with E-state index in [0.29, 0.717) is 11.3 Å². The van der Waals surface area contributed by atoms with Crippen molar-refractivity contribution in [1.29, 1.82) is 0 Å². The molecule has 0 aliphatic heterocycles. The van der Waals surface area contributed by atoms with Gasteiger partial charge in [0, 0.05) is 5.56 Å². The second-order valence-corrected chi connectivity index (χ2v) is 8.26. The third-order valence-electron chi connectivity index (χ3n) is 5.09. The lowest BCUT2D eigenvalue weighted by atomic mass is 10.0. The number of para-hydroxylation sites is 1. The van der Waals surface area contributed by atoms with Crippen LogP contribution in [0.25, 0.3) is 16.8 Å². The summed E-state index contributed by atoms with van der Waals surface area (Å²) in [7, 11) is 0. The van der Waals surface area contributed by atoms with E-state index in [9.17, 15) is 18.0 Å². The highest BCUT2D eigenvalue weighted by Gasteiger charge is 2.35. The molecule has 0 atom stereocenters. The molecule has 0 aliphatic carbocycles. The van der Waals surface area contributed by atoms with Crippen molar-refractivity contribution < 1.29 is 22.7 Å². The fraction of sp³-hybridized carbons (Fsp3) is 0.120. The maximum Gasteiger partial charge on any atom is 0.435 e. The molecule has 174 valence electrons. The van der Waals surface area contributed by atoms with E-state index in [1.54, 1.807) is 30.3 Å². The number of carbonyl (C=O) groups is 1. The van der Waals surface area contributed by atoms with Crippen LogP contribution < -0.4 is 4.74 Å². The maximum atomic E-state index is 13.3. The monoisotopic (exact) mass is 504 g/mol. The zero-order chi connectivity index (χ0) is 24.5. The lowest BCUT2D eigenvalue weighted by Crippen LogP contribution is -2.09. The van der Waals surface area contributed by atoms with Crippen molar-refractivity contribution in [3.63, 3.8) is 0 Å². The predicted octanol–water partition coefficient (Wildman–Crippen LogP) is 7.65. The van der Waals surface area contributed by atoms with E-state index < -0.39 is 11.9 Å². The molecule has 0 spiro atoms. The van der Waals surface area contributed by atoms with Gasteiger partial charge in [0.1, 0.15) is 18.0 Å². The van der Waals surface area contributed by atoms with Crippen LogP contribution in [0.4, 0.5) is 13.2 Å². The minimum Gasteiger partial charge on any atom is -0.487 e. The first kappa shape index (κ1) is 23.9. The lowest BCUT2D eigenvalue weighted by molar-refractivity contribution is -0.141. The first-order valence-corrected chi connectivity index (χ1v) is 10.8. The second kappa shape index (κ2) is 9.52. The Kier molecular flexibility index (Phi) is 6.68. The summed E-state index contributed by atoms with van der Waals surface area (Å²) in [4.78, 5) is 11.4. The Bertz CT molecular complexity index is 1310. The van der Waals surface area contributed by atoms with Gasteiger partial charge in [-0.15, -0.1) is 0 Å². The highest BCUT2D eigenvalue weighted by atomic mass is 35.5. The van der Waals surface area contributed by atoms with Crippen LogP contribution in [-0.4, -0.2) is 15.6 Å². The number of ketones is 1. The van der Waals surface area contributed by atoms with Crippen molar-refractivity contribution in [2.24, 2.45) is 0 Å². The highest BCUT2D eigenvalue weighted by Crippen LogP contribution is 2.34. The summed E-state index contributed by atoms with van der Waals surface area (Å²) in [5.41, 5.74) is 1.63. The number of rotatable bonds is 6. The topological polar surface area (TPSA) is 44.1 Å². The molecule has 0 amide bonds. The van der Waals surface area contributed by atoms with E-state index in [4.69, 9.17) is 27.9 Å². The standard InChI is InChI=1S/C25H17Cl2F3N2O2/c1-15(33)16-5-7-17(8-6-16)18-9-11-20(12-10-18)34-14-19-13-23(25(28,29)30)31-32(19)24-21(26)3-2-4-22(24)27/h2-13H,14H2,1H3. The molecule has 0 fully saturated rings. The van der Waals surface area contributed by atoms with Crippen molar-refractivity contribution in [2.45, 2.75) is 19.7 Å². The van der Waals surface area contributed by atoms with Crippen LogP contribution in [0.15, 0.2) is 72.8 Å². The number of Topliss-reactive ketones (excluding diaryl/α,β-unsaturated/α-hetero) is 1. The van der Waals surface area contributed by atoms with Crippen molar-refractivity contribution in [2.75, 3.05) is 0 Å². The molecule has 3 aromatic carbocycles. The normalized spacial score (nSPS) is 11.5. The van der Waals surface area contributed by atoms with E-state index in [-0.39, 0.29) is 33.8 Å². The van der Waals surface area contributed by atoms with E-state index in [1.807, 2.05) is 24.3 Å². The Morgan fingerprint density at radius 2 is 1.50 bits per heavy atom. The third-order valence-corrected chi connectivity index (χ3v) is 5.70. The van der Waals surface area contributed by atoms with Gasteiger partial charge in [0.05, 0.1) is 15.7 Å². The number of alkyl halides is 3. The number of carbonyl (C=O) groups excluding carboxylic acids is 1. The van der Waals surface area contributed by atoms with Crippen molar-refractivity contribution >= 4 is 29.0 Å². The number of aromatic nitrogens is 2. The summed E-state index contributed by atoms with van der Waals surface area (Å²) in [6, 6.07) is 19.8. The van der Waals surface area contributed by atoms with Crippen molar-refractivity contribution in [1.82, 2.24) is 9.78 Å². The van der Waals surface area contributed by atoms with Gasteiger partial charge in [0.25, 0.3) is 0 Å². The molecule has 0 saturated heterocycles. The van der Waals surface area contributed by atoms with Gasteiger partial charge in [-0.1, -0.05) is 65.7 Å². The van der Waals surface area contributed by atoms with Crippen LogP contribution in [0.2, 0.25) is 10.0 Å². The molecule has 34 heavy (non-hydrogen) atoms. The summed E-state index contributed by atoms with van der Waals surface area (Å²) >= 11 is 12.4. The molecule has 4 aromatic rings. The quantitative estimate of drug-likeness (QED) is 0.253. The minimum atomic E-state index is -4.65. The van der Waals surface area contributed by atoms with Crippen LogP contribution in [0.3, 0.4) is 0 Å². The number of benzene rings is 3. The van der Waals surface area contributed by atoms with Gasteiger partial charge >= 0.3 is 6.18 Å². The fourth-order valence-corrected chi connectivity index (χ4v) is 3.90. The zero-order valence-corrected chi connectivity index (χ0v) is 19.2. The van der Waals surface area contributed by atoms with Gasteiger partial charge in [-0.25, -0.2) is 4.68 Å². The Balaban J connectivity index is 1.57. The zero-order valence-electron chi connectivity index (χ0n) is 17.7. The van der Waals surface area contributed by atoms with Crippen LogP contribution in [-0.2, 0) is 12.8 Å². The SMILES string of the molecule is CC(=O)c1ccc(-c2ccc(OCc3cc(C(F)(F)F)nn3-c3c(Cl)cccc3Cl)cc2)cc1. The van der Waals surface area contributed by atoms with Crippen LogP contribution in [0, 0.1) is 0 Å². The number of ether oxygens (including phenoxy) is 1. The summed E-state index contributed by atoms with van der Waals surface area (Å²) in [6.45, 7) is 1.31. The maximum absolute atomic E-state index is 13.3. The molecule has 0 saturated carbocycles. The molecule has 0 unspecified atom stereocenters. The number of nitrogens with zero attached hydrogens (tertiary/aromatic N) is 2. The highest BCUT2D eigenvalue weighted by molar-refractivity contribution is 6.37. The van der Waals surface area contributed by atoms with Crippen LogP contribution in [0.1, 0.15) is 28.7 Å². The summed E-state index contributed by atoms with van der Waals surface area (Å²) in [5, 5.41) is 3.99. The van der Waals surface area contributed by atoms with Crippen molar-refractivity contribution in [3.05, 3.63) is 99.8 Å². The largest absolute Gasteiger partial charge is 0.487 e. The molecule has 4 nitrogen and oxygen atoms in total. The average Bonchev–Trinajstić information content (AvgIpc) is 3.22. The minimum absolute atomic E-state index is 0.0127. The molecular formula is C25H17Cl2F3N2O2. The molecule has 4 rings (SSSR count). The third kappa shape index (κ3) is 5.11. The molecule has 1 aromatic heterocycles. The predicted molar refractivity (Wildman–Crippen MR) is 125 cm³/mol. The lowest BCUT2D eigenvalue weighted by Gasteiger charge is -2.12. The summed E-state index contributed by atoms with van der Waals surface area (Å²) in [5.74, 6) is 0.442. The molecule has 0 aliphatic rings. The Morgan fingerprint density at radius 3 is 2.03 bits per heavy atom. The molecule has 0 bridgehead atoms. The Morgan fingerprint density at radius 1 is 0.941 bits per heavy atom. The first-order chi connectivity index (χ1) is 16.1. The molecule has 0 radical (unpaired) electrons. The van der Waals surface area contributed by atoms with E-state index in [1.165, 1.54) is 19.1 Å². The number of hydrogen-bond donors (Lipinski definition) is 0. The summed E-state index contributed by atoms with van der Waals surface area (Å²) < 4.78 is 46.8. The van der Waals surface area contributed by atoms with Crippen LogP contribution >= 0.6 is 23.2 Å². The molecule has 0 N–H and O–H groups in total. The van der Waals surface area contributed by atoms with E-state index in [0.717, 1.165) is 21.9 Å². The number of hydrogen-bond acceptors (Lipinski definition) is 3. The van der Waals surface area contributed by atoms with Gasteiger partial charge < -0.3 is 4.74 Å². The number of halogens is 5. The van der Waals surface area contributed by atoms with Gasteiger partial charge in [-0.05, 0) is 48.4 Å². The van der Waals surface area contributed by atoms with Gasteiger partial charge in [0.2, 0.25) is 0 Å². The smallest absolute Gasteiger partial charge is 0.435 e. The summed E-state index contributed by atoms with van der Waals surface area (Å²) in [6.07, 6.45) is -4.65. The molecule has 1 heterocycles.